The molecule has 0 radical (unpaired) electrons. The van der Waals surface area contributed by atoms with Gasteiger partial charge < -0.3 is 9.84 Å². The van der Waals surface area contributed by atoms with Crippen LogP contribution in [0.1, 0.15) is 36.8 Å². The Kier molecular flexibility index (Phi) is 2.91. The Hall–Kier alpha value is -0.930. The molecule has 0 aromatic heterocycles. The van der Waals surface area contributed by atoms with Gasteiger partial charge in [0.2, 0.25) is 0 Å². The number of hydrogen-bond donors (Lipinski definition) is 1. The zero-order valence-electron chi connectivity index (χ0n) is 10.7. The van der Waals surface area contributed by atoms with Gasteiger partial charge in [-0.05, 0) is 43.0 Å². The maximum Gasteiger partial charge on any atom is 0.123 e. The van der Waals surface area contributed by atoms with Gasteiger partial charge >= 0.3 is 0 Å². The van der Waals surface area contributed by atoms with Crippen molar-refractivity contribution >= 4 is 0 Å². The van der Waals surface area contributed by atoms with Crippen molar-refractivity contribution in [2.75, 3.05) is 0 Å². The molecule has 3 rings (SSSR count). The average Bonchev–Trinajstić information content (AvgIpc) is 2.63. The van der Waals surface area contributed by atoms with Gasteiger partial charge in [0.1, 0.15) is 5.82 Å². The van der Waals surface area contributed by atoms with Crippen molar-refractivity contribution in [3.8, 4) is 0 Å². The highest BCUT2D eigenvalue weighted by molar-refractivity contribution is 5.28. The lowest BCUT2D eigenvalue weighted by Gasteiger charge is -2.37. The third-order valence-corrected chi connectivity index (χ3v) is 4.23. The summed E-state index contributed by atoms with van der Waals surface area (Å²) in [5, 5.41) is 10.7. The first-order valence-electron chi connectivity index (χ1n) is 6.67. The van der Waals surface area contributed by atoms with Gasteiger partial charge in [-0.2, -0.15) is 0 Å². The van der Waals surface area contributed by atoms with Gasteiger partial charge in [0, 0.05) is 19.3 Å². The maximum absolute atomic E-state index is 13.1. The minimum atomic E-state index is -0.674. The summed E-state index contributed by atoms with van der Waals surface area (Å²) in [6, 6.07) is 4.80. The molecule has 2 aliphatic rings. The third kappa shape index (κ3) is 2.29. The Balaban J connectivity index is 1.79. The normalized spacial score (nSPS) is 34.8. The minimum Gasteiger partial charge on any atom is -0.389 e. The first-order chi connectivity index (χ1) is 8.54. The van der Waals surface area contributed by atoms with Crippen LogP contribution < -0.4 is 0 Å². The molecule has 0 saturated carbocycles. The Morgan fingerprint density at radius 3 is 2.61 bits per heavy atom. The van der Waals surface area contributed by atoms with Crippen molar-refractivity contribution in [3.63, 3.8) is 0 Å². The second-order valence-electron chi connectivity index (χ2n) is 5.84. The second kappa shape index (κ2) is 4.32. The van der Waals surface area contributed by atoms with E-state index in [9.17, 15) is 9.50 Å². The van der Waals surface area contributed by atoms with Crippen LogP contribution in [0.3, 0.4) is 0 Å². The predicted octanol–water partition coefficient (Wildman–Crippen LogP) is 2.75. The van der Waals surface area contributed by atoms with E-state index in [1.165, 1.54) is 12.1 Å². The molecule has 0 spiro atoms. The van der Waals surface area contributed by atoms with Gasteiger partial charge in [0.15, 0.2) is 0 Å². The third-order valence-electron chi connectivity index (χ3n) is 4.23. The van der Waals surface area contributed by atoms with Crippen molar-refractivity contribution in [1.29, 1.82) is 0 Å². The van der Waals surface area contributed by atoms with Crippen LogP contribution in [0.2, 0.25) is 0 Å². The Labute approximate surface area is 107 Å². The van der Waals surface area contributed by atoms with Crippen LogP contribution >= 0.6 is 0 Å². The van der Waals surface area contributed by atoms with E-state index in [-0.39, 0.29) is 18.0 Å². The molecule has 2 saturated heterocycles. The fourth-order valence-electron chi connectivity index (χ4n) is 3.37. The number of benzene rings is 1. The molecule has 3 heteroatoms. The second-order valence-corrected chi connectivity index (χ2v) is 5.84. The predicted molar refractivity (Wildman–Crippen MR) is 66.9 cm³/mol. The van der Waals surface area contributed by atoms with Gasteiger partial charge in [0.05, 0.1) is 17.8 Å². The summed E-state index contributed by atoms with van der Waals surface area (Å²) in [6.07, 6.45) is 4.59. The molecule has 1 aromatic rings. The average molecular weight is 250 g/mol. The number of aryl methyl sites for hydroxylation is 1. The zero-order chi connectivity index (χ0) is 12.8. The molecule has 1 aromatic carbocycles. The molecule has 2 heterocycles. The standard InChI is InChI=1S/C15H19FO2/c1-10-6-12(16)3-2-11(10)7-15(17)8-13-4-5-14(9-15)18-13/h2-3,6,13-14,17H,4-5,7-9H2,1H3. The maximum atomic E-state index is 13.1. The van der Waals surface area contributed by atoms with E-state index in [0.717, 1.165) is 24.0 Å². The summed E-state index contributed by atoms with van der Waals surface area (Å²) in [5.41, 5.74) is 1.29. The molecular weight excluding hydrogens is 231 g/mol. The molecule has 2 atom stereocenters. The summed E-state index contributed by atoms with van der Waals surface area (Å²) in [7, 11) is 0. The summed E-state index contributed by atoms with van der Waals surface area (Å²) < 4.78 is 18.8. The molecule has 2 nitrogen and oxygen atoms in total. The first-order valence-corrected chi connectivity index (χ1v) is 6.67. The van der Waals surface area contributed by atoms with Crippen molar-refractivity contribution in [2.45, 2.75) is 56.8 Å². The molecule has 0 amide bonds. The van der Waals surface area contributed by atoms with Crippen LogP contribution in [0, 0.1) is 12.7 Å². The van der Waals surface area contributed by atoms with Crippen molar-refractivity contribution in [1.82, 2.24) is 0 Å². The van der Waals surface area contributed by atoms with Crippen LogP contribution in [0.25, 0.3) is 0 Å². The minimum absolute atomic E-state index is 0.213. The lowest BCUT2D eigenvalue weighted by molar-refractivity contribution is -0.110. The highest BCUT2D eigenvalue weighted by Crippen LogP contribution is 2.40. The molecule has 2 fully saturated rings. The van der Waals surface area contributed by atoms with E-state index in [0.29, 0.717) is 19.3 Å². The number of ether oxygens (including phenoxy) is 1. The van der Waals surface area contributed by atoms with Crippen LogP contribution in [0.4, 0.5) is 4.39 Å². The summed E-state index contributed by atoms with van der Waals surface area (Å²) in [4.78, 5) is 0. The molecular formula is C15H19FO2. The molecule has 98 valence electrons. The molecule has 1 N–H and O–H groups in total. The van der Waals surface area contributed by atoms with Gasteiger partial charge in [-0.1, -0.05) is 6.07 Å². The van der Waals surface area contributed by atoms with Gasteiger partial charge in [-0.3, -0.25) is 0 Å². The van der Waals surface area contributed by atoms with Crippen molar-refractivity contribution in [3.05, 3.63) is 35.1 Å². The quantitative estimate of drug-likeness (QED) is 0.874. The summed E-state index contributed by atoms with van der Waals surface area (Å²) >= 11 is 0. The number of hydrogen-bond acceptors (Lipinski definition) is 2. The molecule has 0 aliphatic carbocycles. The van der Waals surface area contributed by atoms with Gasteiger partial charge in [0.25, 0.3) is 0 Å². The molecule has 2 aliphatic heterocycles. The number of rotatable bonds is 2. The number of fused-ring (bicyclic) bond motifs is 2. The van der Waals surface area contributed by atoms with E-state index in [4.69, 9.17) is 4.74 Å². The van der Waals surface area contributed by atoms with Crippen LogP contribution in [0.15, 0.2) is 18.2 Å². The largest absolute Gasteiger partial charge is 0.389 e. The Morgan fingerprint density at radius 2 is 2.00 bits per heavy atom. The highest BCUT2D eigenvalue weighted by Gasteiger charge is 2.43. The number of aliphatic hydroxyl groups is 1. The van der Waals surface area contributed by atoms with Crippen LogP contribution in [-0.2, 0) is 11.2 Å². The van der Waals surface area contributed by atoms with Crippen LogP contribution in [-0.4, -0.2) is 22.9 Å². The van der Waals surface area contributed by atoms with E-state index in [2.05, 4.69) is 0 Å². The van der Waals surface area contributed by atoms with E-state index in [1.807, 2.05) is 6.92 Å². The van der Waals surface area contributed by atoms with Gasteiger partial charge in [-0.15, -0.1) is 0 Å². The van der Waals surface area contributed by atoms with Crippen molar-refractivity contribution in [2.24, 2.45) is 0 Å². The molecule has 18 heavy (non-hydrogen) atoms. The zero-order valence-corrected chi connectivity index (χ0v) is 10.7. The SMILES string of the molecule is Cc1cc(F)ccc1CC1(O)CC2CCC(C1)O2. The monoisotopic (exact) mass is 250 g/mol. The lowest BCUT2D eigenvalue weighted by Crippen LogP contribution is -2.42. The van der Waals surface area contributed by atoms with Gasteiger partial charge in [-0.25, -0.2) is 4.39 Å². The summed E-state index contributed by atoms with van der Waals surface area (Å²) in [5.74, 6) is -0.213. The Bertz CT molecular complexity index is 446. The highest BCUT2D eigenvalue weighted by atomic mass is 19.1. The van der Waals surface area contributed by atoms with E-state index < -0.39 is 5.60 Å². The lowest BCUT2D eigenvalue weighted by atomic mass is 9.83. The van der Waals surface area contributed by atoms with E-state index >= 15 is 0 Å². The van der Waals surface area contributed by atoms with Crippen LogP contribution in [0.5, 0.6) is 0 Å². The molecule has 2 unspecified atom stereocenters. The van der Waals surface area contributed by atoms with Crippen molar-refractivity contribution < 1.29 is 14.2 Å². The smallest absolute Gasteiger partial charge is 0.123 e. The first kappa shape index (κ1) is 12.1. The van der Waals surface area contributed by atoms with E-state index in [1.54, 1.807) is 6.07 Å². The fraction of sp³-hybridized carbons (Fsp3) is 0.600. The fourth-order valence-corrected chi connectivity index (χ4v) is 3.37. The topological polar surface area (TPSA) is 29.5 Å². The number of halogens is 1. The Morgan fingerprint density at radius 1 is 1.33 bits per heavy atom. The summed E-state index contributed by atoms with van der Waals surface area (Å²) in [6.45, 7) is 1.90. The molecule has 2 bridgehead atoms.